The Labute approximate surface area is 196 Å². The van der Waals surface area contributed by atoms with Crippen molar-refractivity contribution >= 4 is 14.4 Å². The van der Waals surface area contributed by atoms with Crippen LogP contribution in [0.2, 0.25) is 18.1 Å². The lowest BCUT2D eigenvalue weighted by molar-refractivity contribution is -0.0314. The van der Waals surface area contributed by atoms with Gasteiger partial charge in [-0.1, -0.05) is 63.3 Å². The number of hydrogen-bond acceptors (Lipinski definition) is 4. The van der Waals surface area contributed by atoms with Gasteiger partial charge in [0.05, 0.1) is 19.3 Å². The van der Waals surface area contributed by atoms with Crippen molar-refractivity contribution in [3.05, 3.63) is 61.2 Å². The molecule has 6 heteroatoms. The molecule has 180 valence electrons. The summed E-state index contributed by atoms with van der Waals surface area (Å²) in [6.07, 6.45) is 2.63. The molecule has 0 fully saturated rings. The van der Waals surface area contributed by atoms with Gasteiger partial charge in [0, 0.05) is 6.54 Å². The molecule has 0 bridgehead atoms. The number of hydrogen-bond donors (Lipinski definition) is 0. The van der Waals surface area contributed by atoms with E-state index in [1.807, 2.05) is 51.1 Å². The first-order chi connectivity index (χ1) is 14.7. The number of carbonyl (C=O) groups is 1. The molecule has 0 aromatic heterocycles. The Morgan fingerprint density at radius 1 is 1.09 bits per heavy atom. The minimum atomic E-state index is -2.01. The second-order valence-electron chi connectivity index (χ2n) is 10.6. The van der Waals surface area contributed by atoms with Crippen molar-refractivity contribution in [2.45, 2.75) is 84.0 Å². The van der Waals surface area contributed by atoms with Crippen LogP contribution in [-0.4, -0.2) is 50.3 Å². The highest BCUT2D eigenvalue weighted by atomic mass is 28.4. The fraction of sp³-hybridized carbons (Fsp3) is 0.577. The van der Waals surface area contributed by atoms with E-state index in [1.54, 1.807) is 17.1 Å². The molecule has 0 saturated heterocycles. The highest BCUT2D eigenvalue weighted by Crippen LogP contribution is 2.37. The summed E-state index contributed by atoms with van der Waals surface area (Å²) < 4.78 is 18.3. The molecule has 0 saturated carbocycles. The van der Waals surface area contributed by atoms with Crippen molar-refractivity contribution < 1.29 is 18.7 Å². The zero-order valence-corrected chi connectivity index (χ0v) is 22.3. The standard InChI is InChI=1S/C26H43NO4Si/c1-11-18-29-23(20-30-32(9,10)26(6,7)8)22(12-2)27(24(28)31-25(3,4)5)19-21-16-14-13-15-17-21/h11-17,22-23H,1-2,18-20H2,3-10H3/t22-,23+/m0/s1. The van der Waals surface area contributed by atoms with Crippen LogP contribution in [0.1, 0.15) is 47.1 Å². The van der Waals surface area contributed by atoms with Gasteiger partial charge in [-0.2, -0.15) is 0 Å². The van der Waals surface area contributed by atoms with E-state index in [-0.39, 0.29) is 5.04 Å². The molecule has 1 aromatic carbocycles. The molecule has 0 unspecified atom stereocenters. The van der Waals surface area contributed by atoms with Crippen LogP contribution in [0.5, 0.6) is 0 Å². The Balaban J connectivity index is 3.25. The molecule has 32 heavy (non-hydrogen) atoms. The van der Waals surface area contributed by atoms with Crippen molar-refractivity contribution in [2.24, 2.45) is 0 Å². The van der Waals surface area contributed by atoms with E-state index in [9.17, 15) is 4.79 Å². The SMILES string of the molecule is C=CCO[C@H](CO[Si](C)(C)C(C)(C)C)[C@H](C=C)N(Cc1ccccc1)C(=O)OC(C)(C)C. The molecule has 0 radical (unpaired) electrons. The topological polar surface area (TPSA) is 48.0 Å². The van der Waals surface area contributed by atoms with Crippen LogP contribution in [0.25, 0.3) is 0 Å². The zero-order valence-electron chi connectivity index (χ0n) is 21.3. The summed E-state index contributed by atoms with van der Waals surface area (Å²) in [6, 6.07) is 9.41. The molecule has 0 heterocycles. The second-order valence-corrected chi connectivity index (χ2v) is 15.4. The van der Waals surface area contributed by atoms with Crippen LogP contribution < -0.4 is 0 Å². The van der Waals surface area contributed by atoms with E-state index in [1.165, 1.54) is 0 Å². The number of benzene rings is 1. The smallest absolute Gasteiger partial charge is 0.411 e. The van der Waals surface area contributed by atoms with Gasteiger partial charge in [-0.25, -0.2) is 4.79 Å². The van der Waals surface area contributed by atoms with E-state index < -0.39 is 32.2 Å². The summed E-state index contributed by atoms with van der Waals surface area (Å²) in [6.45, 7) is 25.5. The van der Waals surface area contributed by atoms with Gasteiger partial charge in [0.1, 0.15) is 11.7 Å². The lowest BCUT2D eigenvalue weighted by Gasteiger charge is -2.40. The van der Waals surface area contributed by atoms with Gasteiger partial charge in [-0.05, 0) is 44.5 Å². The van der Waals surface area contributed by atoms with Gasteiger partial charge < -0.3 is 13.9 Å². The number of ether oxygens (including phenoxy) is 2. The predicted octanol–water partition coefficient (Wildman–Crippen LogP) is 6.57. The third-order valence-corrected chi connectivity index (χ3v) is 10.1. The molecule has 0 aliphatic carbocycles. The summed E-state index contributed by atoms with van der Waals surface area (Å²) in [7, 11) is -2.01. The number of carbonyl (C=O) groups excluding carboxylic acids is 1. The molecular formula is C26H43NO4Si. The lowest BCUT2D eigenvalue weighted by atomic mass is 10.1. The number of nitrogens with zero attached hydrogens (tertiary/aromatic N) is 1. The quantitative estimate of drug-likeness (QED) is 0.276. The van der Waals surface area contributed by atoms with Crippen LogP contribution in [0.3, 0.4) is 0 Å². The van der Waals surface area contributed by atoms with Crippen LogP contribution in [0, 0.1) is 0 Å². The summed E-state index contributed by atoms with van der Waals surface area (Å²) >= 11 is 0. The van der Waals surface area contributed by atoms with Gasteiger partial charge in [-0.15, -0.1) is 13.2 Å². The Morgan fingerprint density at radius 2 is 1.69 bits per heavy atom. The van der Waals surface area contributed by atoms with Crippen LogP contribution >= 0.6 is 0 Å². The van der Waals surface area contributed by atoms with Crippen LogP contribution in [0.15, 0.2) is 55.6 Å². The second kappa shape index (κ2) is 11.8. The largest absolute Gasteiger partial charge is 0.444 e. The maximum absolute atomic E-state index is 13.3. The van der Waals surface area contributed by atoms with E-state index in [2.05, 4.69) is 47.0 Å². The molecule has 2 atom stereocenters. The molecule has 1 amide bonds. The molecule has 1 rings (SSSR count). The summed E-state index contributed by atoms with van der Waals surface area (Å²) in [5.74, 6) is 0. The van der Waals surface area contributed by atoms with Crippen molar-refractivity contribution in [2.75, 3.05) is 13.2 Å². The van der Waals surface area contributed by atoms with Crippen molar-refractivity contribution in [1.29, 1.82) is 0 Å². The van der Waals surface area contributed by atoms with Crippen molar-refractivity contribution in [1.82, 2.24) is 4.90 Å². The Bertz CT molecular complexity index is 734. The maximum atomic E-state index is 13.3. The van der Waals surface area contributed by atoms with Gasteiger partial charge in [0.2, 0.25) is 0 Å². The number of rotatable bonds is 11. The fourth-order valence-electron chi connectivity index (χ4n) is 2.82. The Kier molecular flexibility index (Phi) is 10.4. The van der Waals surface area contributed by atoms with E-state index in [0.29, 0.717) is 19.8 Å². The van der Waals surface area contributed by atoms with E-state index >= 15 is 0 Å². The minimum Gasteiger partial charge on any atom is -0.444 e. The molecule has 0 aliphatic rings. The normalized spacial score (nSPS) is 14.4. The monoisotopic (exact) mass is 461 g/mol. The van der Waals surface area contributed by atoms with E-state index in [0.717, 1.165) is 5.56 Å². The van der Waals surface area contributed by atoms with Crippen molar-refractivity contribution in [3.8, 4) is 0 Å². The molecular weight excluding hydrogens is 418 g/mol. The fourth-order valence-corrected chi connectivity index (χ4v) is 3.83. The maximum Gasteiger partial charge on any atom is 0.411 e. The average Bonchev–Trinajstić information content (AvgIpc) is 2.67. The first-order valence-corrected chi connectivity index (χ1v) is 14.1. The third-order valence-electron chi connectivity index (χ3n) is 5.65. The van der Waals surface area contributed by atoms with Gasteiger partial charge in [0.25, 0.3) is 0 Å². The lowest BCUT2D eigenvalue weighted by Crippen LogP contribution is -2.51. The molecule has 1 aromatic rings. The predicted molar refractivity (Wildman–Crippen MR) is 135 cm³/mol. The van der Waals surface area contributed by atoms with Gasteiger partial charge in [-0.3, -0.25) is 4.90 Å². The zero-order chi connectivity index (χ0) is 24.6. The van der Waals surface area contributed by atoms with Crippen LogP contribution in [-0.2, 0) is 20.4 Å². The summed E-state index contributed by atoms with van der Waals surface area (Å²) in [4.78, 5) is 14.9. The summed E-state index contributed by atoms with van der Waals surface area (Å²) in [5.41, 5.74) is 0.380. The minimum absolute atomic E-state index is 0.0640. The average molecular weight is 462 g/mol. The molecule has 0 spiro atoms. The van der Waals surface area contributed by atoms with E-state index in [4.69, 9.17) is 13.9 Å². The van der Waals surface area contributed by atoms with Crippen molar-refractivity contribution in [3.63, 3.8) is 0 Å². The van der Waals surface area contributed by atoms with Gasteiger partial charge >= 0.3 is 6.09 Å². The van der Waals surface area contributed by atoms with Crippen LogP contribution in [0.4, 0.5) is 4.79 Å². The molecule has 5 nitrogen and oxygen atoms in total. The number of amides is 1. The highest BCUT2D eigenvalue weighted by Gasteiger charge is 2.39. The first-order valence-electron chi connectivity index (χ1n) is 11.2. The third kappa shape index (κ3) is 8.92. The highest BCUT2D eigenvalue weighted by molar-refractivity contribution is 6.74. The Hall–Kier alpha value is -1.89. The summed E-state index contributed by atoms with van der Waals surface area (Å²) in [5, 5.41) is 0.0640. The molecule has 0 N–H and O–H groups in total. The molecule has 0 aliphatic heterocycles. The Morgan fingerprint density at radius 3 is 2.16 bits per heavy atom. The first kappa shape index (κ1) is 28.1. The van der Waals surface area contributed by atoms with Gasteiger partial charge in [0.15, 0.2) is 8.32 Å².